The molecule has 8 heteroatoms. The Morgan fingerprint density at radius 1 is 1.03 bits per heavy atom. The summed E-state index contributed by atoms with van der Waals surface area (Å²) in [6.07, 6.45) is 3.64. The Hall–Kier alpha value is -3.42. The third-order valence-electron chi connectivity index (χ3n) is 6.21. The summed E-state index contributed by atoms with van der Waals surface area (Å²) in [5.74, 6) is 0.959. The lowest BCUT2D eigenvalue weighted by molar-refractivity contribution is 0.472. The third-order valence-corrected chi connectivity index (χ3v) is 6.76. The van der Waals surface area contributed by atoms with Gasteiger partial charge >= 0.3 is 0 Å². The number of benzene rings is 1. The van der Waals surface area contributed by atoms with E-state index in [2.05, 4.69) is 45.8 Å². The quantitative estimate of drug-likeness (QED) is 0.357. The fourth-order valence-electron chi connectivity index (χ4n) is 4.65. The van der Waals surface area contributed by atoms with Gasteiger partial charge < -0.3 is 19.9 Å². The number of aromatic hydroxyl groups is 1. The summed E-state index contributed by atoms with van der Waals surface area (Å²) in [6, 6.07) is 16.6. The van der Waals surface area contributed by atoms with E-state index in [0.29, 0.717) is 15.8 Å². The Balaban J connectivity index is 1.70. The highest BCUT2D eigenvalue weighted by molar-refractivity contribution is 7.80. The summed E-state index contributed by atoms with van der Waals surface area (Å²) in [5.41, 5.74) is 5.66. The maximum atomic E-state index is 10.7. The molecule has 3 aromatic heterocycles. The number of pyridine rings is 2. The normalized spacial score (nSPS) is 17.8. The summed E-state index contributed by atoms with van der Waals surface area (Å²) >= 11 is 12.1. The number of phenolic OH excluding ortho intramolecular Hbond substituents is 1. The zero-order valence-electron chi connectivity index (χ0n) is 19.0. The SMILES string of the molecule is Cc1ccc(-n2c(C)cc(C3C(c4ccccn4)NC(=S)N3c3cc(Cl)ccc3O)c2C)nc1. The first kappa shape index (κ1) is 22.4. The number of aromatic nitrogens is 3. The lowest BCUT2D eigenvalue weighted by Crippen LogP contribution is -2.29. The second-order valence-corrected chi connectivity index (χ2v) is 9.31. The number of rotatable bonds is 4. The van der Waals surface area contributed by atoms with Crippen molar-refractivity contribution in [1.82, 2.24) is 19.9 Å². The molecule has 0 bridgehead atoms. The number of aryl methyl sites for hydroxylation is 2. The molecule has 34 heavy (non-hydrogen) atoms. The second kappa shape index (κ2) is 8.74. The van der Waals surface area contributed by atoms with E-state index < -0.39 is 0 Å². The minimum absolute atomic E-state index is 0.106. The van der Waals surface area contributed by atoms with Crippen LogP contribution in [-0.4, -0.2) is 24.8 Å². The van der Waals surface area contributed by atoms with E-state index in [1.165, 1.54) is 0 Å². The Labute approximate surface area is 208 Å². The van der Waals surface area contributed by atoms with Crippen LogP contribution in [0.3, 0.4) is 0 Å². The Morgan fingerprint density at radius 2 is 1.85 bits per heavy atom. The molecule has 1 aromatic carbocycles. The molecule has 0 saturated carbocycles. The van der Waals surface area contributed by atoms with Crippen molar-refractivity contribution in [1.29, 1.82) is 0 Å². The molecule has 2 unspecified atom stereocenters. The van der Waals surface area contributed by atoms with Crippen LogP contribution in [0.15, 0.2) is 67.0 Å². The van der Waals surface area contributed by atoms with E-state index in [1.807, 2.05) is 42.3 Å². The van der Waals surface area contributed by atoms with Crippen molar-refractivity contribution in [2.45, 2.75) is 32.9 Å². The van der Waals surface area contributed by atoms with E-state index >= 15 is 0 Å². The maximum Gasteiger partial charge on any atom is 0.174 e. The molecule has 2 atom stereocenters. The van der Waals surface area contributed by atoms with E-state index in [1.54, 1.807) is 24.4 Å². The maximum absolute atomic E-state index is 10.7. The van der Waals surface area contributed by atoms with Crippen molar-refractivity contribution in [2.75, 3.05) is 4.90 Å². The molecule has 0 amide bonds. The zero-order valence-corrected chi connectivity index (χ0v) is 20.6. The van der Waals surface area contributed by atoms with Gasteiger partial charge in [0.15, 0.2) is 5.11 Å². The largest absolute Gasteiger partial charge is 0.506 e. The first-order chi connectivity index (χ1) is 16.3. The highest BCUT2D eigenvalue weighted by atomic mass is 35.5. The first-order valence-corrected chi connectivity index (χ1v) is 11.7. The van der Waals surface area contributed by atoms with Gasteiger partial charge in [-0.05, 0) is 86.6 Å². The molecule has 6 nitrogen and oxygen atoms in total. The van der Waals surface area contributed by atoms with Crippen molar-refractivity contribution in [3.05, 3.63) is 100 Å². The predicted molar refractivity (Wildman–Crippen MR) is 139 cm³/mol. The monoisotopic (exact) mass is 489 g/mol. The summed E-state index contributed by atoms with van der Waals surface area (Å²) in [4.78, 5) is 11.2. The number of nitrogens with one attached hydrogen (secondary N) is 1. The molecule has 1 saturated heterocycles. The van der Waals surface area contributed by atoms with E-state index in [0.717, 1.165) is 34.0 Å². The topological polar surface area (TPSA) is 66.2 Å². The number of hydrogen-bond acceptors (Lipinski definition) is 4. The average Bonchev–Trinajstić information content (AvgIpc) is 3.32. The number of anilines is 1. The predicted octanol–water partition coefficient (Wildman–Crippen LogP) is 5.73. The van der Waals surface area contributed by atoms with Gasteiger partial charge in [0.05, 0.1) is 23.5 Å². The lowest BCUT2D eigenvalue weighted by atomic mass is 9.96. The molecule has 0 spiro atoms. The summed E-state index contributed by atoms with van der Waals surface area (Å²) < 4.78 is 2.14. The highest BCUT2D eigenvalue weighted by Crippen LogP contribution is 2.46. The van der Waals surface area contributed by atoms with Crippen LogP contribution in [-0.2, 0) is 0 Å². The minimum Gasteiger partial charge on any atom is -0.506 e. The number of hydrogen-bond donors (Lipinski definition) is 2. The third kappa shape index (κ3) is 3.81. The van der Waals surface area contributed by atoms with Crippen LogP contribution in [0.2, 0.25) is 5.02 Å². The molecular weight excluding hydrogens is 466 g/mol. The van der Waals surface area contributed by atoms with Gasteiger partial charge in [0.2, 0.25) is 0 Å². The first-order valence-electron chi connectivity index (χ1n) is 11.0. The van der Waals surface area contributed by atoms with E-state index in [-0.39, 0.29) is 17.8 Å². The lowest BCUT2D eigenvalue weighted by Gasteiger charge is -2.28. The van der Waals surface area contributed by atoms with Crippen molar-refractivity contribution in [2.24, 2.45) is 0 Å². The smallest absolute Gasteiger partial charge is 0.174 e. The highest BCUT2D eigenvalue weighted by Gasteiger charge is 2.43. The van der Waals surface area contributed by atoms with Crippen molar-refractivity contribution < 1.29 is 5.11 Å². The van der Waals surface area contributed by atoms with Crippen LogP contribution in [0.4, 0.5) is 5.69 Å². The number of thiocarbonyl (C=S) groups is 1. The molecule has 2 N–H and O–H groups in total. The van der Waals surface area contributed by atoms with Crippen molar-refractivity contribution in [3.63, 3.8) is 0 Å². The summed E-state index contributed by atoms with van der Waals surface area (Å²) in [6.45, 7) is 6.17. The van der Waals surface area contributed by atoms with Crippen LogP contribution < -0.4 is 10.2 Å². The molecule has 1 aliphatic rings. The molecule has 1 aliphatic heterocycles. The molecule has 0 aliphatic carbocycles. The van der Waals surface area contributed by atoms with Gasteiger partial charge in [0.1, 0.15) is 11.6 Å². The van der Waals surface area contributed by atoms with E-state index in [9.17, 15) is 5.11 Å². The van der Waals surface area contributed by atoms with Crippen molar-refractivity contribution >= 4 is 34.6 Å². The molecule has 172 valence electrons. The van der Waals surface area contributed by atoms with Crippen LogP contribution in [0.25, 0.3) is 5.82 Å². The van der Waals surface area contributed by atoms with Gasteiger partial charge in [-0.15, -0.1) is 0 Å². The summed E-state index contributed by atoms with van der Waals surface area (Å²) in [5, 5.41) is 15.2. The van der Waals surface area contributed by atoms with Gasteiger partial charge in [-0.25, -0.2) is 4.98 Å². The van der Waals surface area contributed by atoms with E-state index in [4.69, 9.17) is 23.8 Å². The Bertz CT molecular complexity index is 1370. The molecule has 0 radical (unpaired) electrons. The number of halogens is 1. The van der Waals surface area contributed by atoms with Crippen molar-refractivity contribution in [3.8, 4) is 11.6 Å². The zero-order chi connectivity index (χ0) is 24.0. The molecule has 4 aromatic rings. The molecule has 1 fully saturated rings. The average molecular weight is 490 g/mol. The fourth-order valence-corrected chi connectivity index (χ4v) is 5.16. The second-order valence-electron chi connectivity index (χ2n) is 8.49. The Kier molecular flexibility index (Phi) is 5.75. The standard InChI is InChI=1S/C26H24ClN5OS/c1-15-7-10-23(29-14-15)31-16(2)12-19(17(31)3)25-24(20-6-4-5-11-28-20)30-26(34)32(25)21-13-18(27)8-9-22(21)33/h4-14,24-25,33H,1-3H3,(H,30,34). The number of nitrogens with zero attached hydrogens (tertiary/aromatic N) is 4. The minimum atomic E-state index is -0.267. The van der Waals surface area contributed by atoms with Gasteiger partial charge in [-0.3, -0.25) is 4.98 Å². The van der Waals surface area contributed by atoms with Crippen LogP contribution in [0, 0.1) is 20.8 Å². The van der Waals surface area contributed by atoms with Gasteiger partial charge in [-0.2, -0.15) is 0 Å². The van der Waals surface area contributed by atoms with Gasteiger partial charge in [0.25, 0.3) is 0 Å². The Morgan fingerprint density at radius 3 is 2.56 bits per heavy atom. The van der Waals surface area contributed by atoms with Gasteiger partial charge in [0, 0.05) is 28.8 Å². The number of phenols is 1. The van der Waals surface area contributed by atoms with Crippen LogP contribution >= 0.6 is 23.8 Å². The molecular formula is C26H24ClN5OS. The fraction of sp³-hybridized carbons (Fsp3) is 0.192. The summed E-state index contributed by atoms with van der Waals surface area (Å²) in [7, 11) is 0. The van der Waals surface area contributed by atoms with Crippen LogP contribution in [0.1, 0.15) is 40.3 Å². The molecule has 4 heterocycles. The van der Waals surface area contributed by atoms with Gasteiger partial charge in [-0.1, -0.05) is 23.7 Å². The molecule has 5 rings (SSSR count). The van der Waals surface area contributed by atoms with Crippen LogP contribution in [0.5, 0.6) is 5.75 Å².